The van der Waals surface area contributed by atoms with Gasteiger partial charge < -0.3 is 5.73 Å². The van der Waals surface area contributed by atoms with E-state index in [4.69, 9.17) is 11.1 Å². The van der Waals surface area contributed by atoms with Crippen molar-refractivity contribution in [2.75, 3.05) is 0 Å². The predicted molar refractivity (Wildman–Crippen MR) is 68.0 cm³/mol. The summed E-state index contributed by atoms with van der Waals surface area (Å²) in [6, 6.07) is 1.95. The van der Waals surface area contributed by atoms with Crippen LogP contribution in [0.2, 0.25) is 0 Å². The molecule has 5 heteroatoms. The molecule has 0 fully saturated rings. The van der Waals surface area contributed by atoms with Gasteiger partial charge in [0.05, 0.1) is 5.84 Å². The molecule has 0 aliphatic carbocycles. The van der Waals surface area contributed by atoms with E-state index < -0.39 is 0 Å². The zero-order valence-electron chi connectivity index (χ0n) is 9.95. The van der Waals surface area contributed by atoms with Crippen LogP contribution in [-0.4, -0.2) is 21.1 Å². The molecule has 0 saturated heterocycles. The van der Waals surface area contributed by atoms with Gasteiger partial charge in [0.15, 0.2) is 5.16 Å². The van der Waals surface area contributed by atoms with E-state index in [0.29, 0.717) is 11.7 Å². The second-order valence-electron chi connectivity index (χ2n) is 3.81. The van der Waals surface area contributed by atoms with Gasteiger partial charge in [-0.3, -0.25) is 5.41 Å². The van der Waals surface area contributed by atoms with Crippen LogP contribution in [0.15, 0.2) is 11.2 Å². The van der Waals surface area contributed by atoms with E-state index in [0.717, 1.165) is 23.0 Å². The topological polar surface area (TPSA) is 75.7 Å². The zero-order valence-corrected chi connectivity index (χ0v) is 10.8. The highest BCUT2D eigenvalue weighted by Gasteiger charge is 2.12. The molecule has 1 aromatic heterocycles. The van der Waals surface area contributed by atoms with E-state index >= 15 is 0 Å². The minimum Gasteiger partial charge on any atom is -0.388 e. The second kappa shape index (κ2) is 5.84. The minimum absolute atomic E-state index is 0.226. The highest BCUT2D eigenvalue weighted by molar-refractivity contribution is 7.99. The molecule has 0 amide bonds. The summed E-state index contributed by atoms with van der Waals surface area (Å²) < 4.78 is 0. The van der Waals surface area contributed by atoms with Gasteiger partial charge in [0.2, 0.25) is 0 Å². The van der Waals surface area contributed by atoms with Gasteiger partial charge in [0.25, 0.3) is 0 Å². The maximum atomic E-state index is 7.30. The molecule has 1 aromatic rings. The molecule has 1 unspecified atom stereocenters. The number of amidine groups is 1. The first-order chi connectivity index (χ1) is 7.51. The van der Waals surface area contributed by atoms with Crippen LogP contribution in [0.5, 0.6) is 0 Å². The van der Waals surface area contributed by atoms with Gasteiger partial charge in [-0.05, 0) is 26.3 Å². The molecule has 0 saturated carbocycles. The summed E-state index contributed by atoms with van der Waals surface area (Å²) in [6.07, 6.45) is 1.55. The second-order valence-corrected chi connectivity index (χ2v) is 5.08. The average molecular weight is 238 g/mol. The van der Waals surface area contributed by atoms with E-state index in [9.17, 15) is 0 Å². The molecule has 4 nitrogen and oxygen atoms in total. The quantitative estimate of drug-likeness (QED) is 0.357. The Morgan fingerprint density at radius 2 is 2.00 bits per heavy atom. The number of rotatable bonds is 5. The van der Waals surface area contributed by atoms with Crippen LogP contribution in [-0.2, 0) is 0 Å². The van der Waals surface area contributed by atoms with E-state index in [1.165, 1.54) is 0 Å². The van der Waals surface area contributed by atoms with Crippen molar-refractivity contribution in [1.82, 2.24) is 9.97 Å². The number of aromatic nitrogens is 2. The van der Waals surface area contributed by atoms with Gasteiger partial charge >= 0.3 is 0 Å². The third kappa shape index (κ3) is 4.18. The summed E-state index contributed by atoms with van der Waals surface area (Å²) in [7, 11) is 0. The molecule has 1 atom stereocenters. The summed E-state index contributed by atoms with van der Waals surface area (Å²) in [4.78, 5) is 8.74. The lowest BCUT2D eigenvalue weighted by atomic mass is 10.2. The largest absolute Gasteiger partial charge is 0.388 e. The van der Waals surface area contributed by atoms with Crippen LogP contribution in [0.3, 0.4) is 0 Å². The number of thioether (sulfide) groups is 1. The Bertz CT molecular complexity index is 358. The van der Waals surface area contributed by atoms with E-state index in [1.54, 1.807) is 11.8 Å². The van der Waals surface area contributed by atoms with Crippen molar-refractivity contribution in [2.45, 2.75) is 44.0 Å². The first kappa shape index (κ1) is 13.0. The van der Waals surface area contributed by atoms with Crippen molar-refractivity contribution in [3.05, 3.63) is 17.5 Å². The van der Waals surface area contributed by atoms with Crippen LogP contribution >= 0.6 is 11.8 Å². The average Bonchev–Trinajstić information content (AvgIpc) is 2.14. The molecule has 16 heavy (non-hydrogen) atoms. The van der Waals surface area contributed by atoms with Gasteiger partial charge in [-0.15, -0.1) is 0 Å². The number of hydrogen-bond acceptors (Lipinski definition) is 4. The Hall–Kier alpha value is -1.10. The van der Waals surface area contributed by atoms with Gasteiger partial charge in [0.1, 0.15) is 0 Å². The molecule has 1 heterocycles. The van der Waals surface area contributed by atoms with Crippen molar-refractivity contribution in [1.29, 1.82) is 5.41 Å². The molecule has 0 spiro atoms. The molecular formula is C11H18N4S. The third-order valence-electron chi connectivity index (χ3n) is 2.14. The molecule has 0 radical (unpaired) electrons. The third-order valence-corrected chi connectivity index (χ3v) is 3.36. The molecular weight excluding hydrogens is 220 g/mol. The van der Waals surface area contributed by atoms with Crippen LogP contribution in [0.25, 0.3) is 0 Å². The summed E-state index contributed by atoms with van der Waals surface area (Å²) in [6.45, 7) is 6.01. The molecule has 0 aliphatic heterocycles. The summed E-state index contributed by atoms with van der Waals surface area (Å²) >= 11 is 1.60. The van der Waals surface area contributed by atoms with Gasteiger partial charge in [-0.25, -0.2) is 9.97 Å². The first-order valence-corrected chi connectivity index (χ1v) is 6.21. The van der Waals surface area contributed by atoms with Crippen LogP contribution in [0, 0.1) is 19.3 Å². The highest BCUT2D eigenvalue weighted by Crippen LogP contribution is 2.24. The molecule has 0 aliphatic rings. The lowest BCUT2D eigenvalue weighted by Crippen LogP contribution is -2.17. The minimum atomic E-state index is 0.226. The lowest BCUT2D eigenvalue weighted by molar-refractivity contribution is 0.829. The van der Waals surface area contributed by atoms with Crippen LogP contribution < -0.4 is 5.73 Å². The van der Waals surface area contributed by atoms with Crippen molar-refractivity contribution in [2.24, 2.45) is 5.73 Å². The number of nitrogens with zero attached hydrogens (tertiary/aromatic N) is 2. The number of hydrogen-bond donors (Lipinski definition) is 2. The summed E-state index contributed by atoms with van der Waals surface area (Å²) in [5.74, 6) is 0.226. The van der Waals surface area contributed by atoms with E-state index in [2.05, 4.69) is 16.9 Å². The SMILES string of the molecule is CCC(CC(=N)N)Sc1nc(C)cc(C)n1. The fourth-order valence-corrected chi connectivity index (χ4v) is 2.53. The maximum Gasteiger partial charge on any atom is 0.188 e. The molecule has 0 aromatic carbocycles. The van der Waals surface area contributed by atoms with Crippen molar-refractivity contribution in [3.63, 3.8) is 0 Å². The molecule has 0 bridgehead atoms. The highest BCUT2D eigenvalue weighted by atomic mass is 32.2. The van der Waals surface area contributed by atoms with Crippen LogP contribution in [0.4, 0.5) is 0 Å². The Morgan fingerprint density at radius 1 is 1.44 bits per heavy atom. The molecule has 88 valence electrons. The van der Waals surface area contributed by atoms with Gasteiger partial charge in [0, 0.05) is 23.1 Å². The maximum absolute atomic E-state index is 7.30. The molecule has 3 N–H and O–H groups in total. The Balaban J connectivity index is 2.73. The molecule has 1 rings (SSSR count). The fourth-order valence-electron chi connectivity index (χ4n) is 1.41. The lowest BCUT2D eigenvalue weighted by Gasteiger charge is -2.12. The normalized spacial score (nSPS) is 12.4. The number of aryl methyl sites for hydroxylation is 2. The zero-order chi connectivity index (χ0) is 12.1. The Morgan fingerprint density at radius 3 is 2.44 bits per heavy atom. The Kier molecular flexibility index (Phi) is 4.73. The van der Waals surface area contributed by atoms with Crippen molar-refractivity contribution >= 4 is 17.6 Å². The number of nitrogens with two attached hydrogens (primary N) is 1. The van der Waals surface area contributed by atoms with Crippen molar-refractivity contribution in [3.8, 4) is 0 Å². The standard InChI is InChI=1S/C11H18N4S/c1-4-9(6-10(12)13)16-11-14-7(2)5-8(3)15-11/h5,9H,4,6H2,1-3H3,(H3,12,13). The van der Waals surface area contributed by atoms with E-state index in [-0.39, 0.29) is 5.84 Å². The summed E-state index contributed by atoms with van der Waals surface area (Å²) in [5, 5.41) is 8.38. The Labute approximate surface area is 101 Å². The number of nitrogens with one attached hydrogen (secondary N) is 1. The fraction of sp³-hybridized carbons (Fsp3) is 0.545. The van der Waals surface area contributed by atoms with Gasteiger partial charge in [-0.2, -0.15) is 0 Å². The van der Waals surface area contributed by atoms with Crippen molar-refractivity contribution < 1.29 is 0 Å². The predicted octanol–water partition coefficient (Wildman–Crippen LogP) is 2.29. The monoisotopic (exact) mass is 238 g/mol. The van der Waals surface area contributed by atoms with Crippen LogP contribution in [0.1, 0.15) is 31.2 Å². The van der Waals surface area contributed by atoms with E-state index in [1.807, 2.05) is 19.9 Å². The van der Waals surface area contributed by atoms with Gasteiger partial charge in [-0.1, -0.05) is 18.7 Å². The smallest absolute Gasteiger partial charge is 0.188 e. The summed E-state index contributed by atoms with van der Waals surface area (Å²) in [5.41, 5.74) is 7.37. The first-order valence-electron chi connectivity index (χ1n) is 5.33.